The van der Waals surface area contributed by atoms with Crippen LogP contribution < -0.4 is 4.72 Å². The Hall–Kier alpha value is -1.77. The average molecular weight is 379 g/mol. The predicted molar refractivity (Wildman–Crippen MR) is 93.5 cm³/mol. The van der Waals surface area contributed by atoms with E-state index in [1.807, 2.05) is 0 Å². The second kappa shape index (κ2) is 7.09. The molecule has 1 atom stereocenters. The summed E-state index contributed by atoms with van der Waals surface area (Å²) >= 11 is 0. The predicted octanol–water partition coefficient (Wildman–Crippen LogP) is 2.25. The van der Waals surface area contributed by atoms with E-state index in [1.54, 1.807) is 0 Å². The monoisotopic (exact) mass is 379 g/mol. The Morgan fingerprint density at radius 3 is 2.81 bits per heavy atom. The first-order valence-corrected chi connectivity index (χ1v) is 10.5. The maximum atomic E-state index is 13.9. The molecule has 140 valence electrons. The normalized spacial score (nSPS) is 21.0. The zero-order chi connectivity index (χ0) is 18.1. The third-order valence-electron chi connectivity index (χ3n) is 5.14. The van der Waals surface area contributed by atoms with Gasteiger partial charge in [0.1, 0.15) is 22.2 Å². The van der Waals surface area contributed by atoms with Gasteiger partial charge in [0, 0.05) is 24.6 Å². The molecular weight excluding hydrogens is 357 g/mol. The van der Waals surface area contributed by atoms with Gasteiger partial charge in [-0.1, -0.05) is 17.3 Å². The molecule has 1 unspecified atom stereocenters. The van der Waals surface area contributed by atoms with Crippen LogP contribution in [-0.2, 0) is 29.4 Å². The summed E-state index contributed by atoms with van der Waals surface area (Å²) in [6, 6.07) is 5.14. The van der Waals surface area contributed by atoms with Crippen LogP contribution in [0.25, 0.3) is 0 Å². The maximum absolute atomic E-state index is 13.9. The van der Waals surface area contributed by atoms with Gasteiger partial charge in [0.05, 0.1) is 0 Å². The van der Waals surface area contributed by atoms with Gasteiger partial charge in [-0.2, -0.15) is 0 Å². The smallest absolute Gasteiger partial charge is 0.243 e. The van der Waals surface area contributed by atoms with E-state index in [4.69, 9.17) is 4.52 Å². The zero-order valence-electron chi connectivity index (χ0n) is 14.4. The fourth-order valence-corrected chi connectivity index (χ4v) is 5.14. The van der Waals surface area contributed by atoms with Crippen molar-refractivity contribution in [1.82, 2.24) is 14.8 Å². The van der Waals surface area contributed by atoms with E-state index in [-0.39, 0.29) is 10.9 Å². The van der Waals surface area contributed by atoms with E-state index in [0.717, 1.165) is 42.7 Å². The fraction of sp³-hybridized carbons (Fsp3) is 0.500. The number of aromatic nitrogens is 1. The molecular formula is C18H22FN3O3S. The summed E-state index contributed by atoms with van der Waals surface area (Å²) in [5, 5.41) is 4.21. The number of hydrogen-bond donors (Lipinski definition) is 1. The Kier molecular flexibility index (Phi) is 4.81. The number of rotatable bonds is 5. The molecule has 0 bridgehead atoms. The van der Waals surface area contributed by atoms with E-state index in [0.29, 0.717) is 19.3 Å². The van der Waals surface area contributed by atoms with E-state index < -0.39 is 15.8 Å². The van der Waals surface area contributed by atoms with Gasteiger partial charge in [0.2, 0.25) is 10.0 Å². The van der Waals surface area contributed by atoms with Crippen LogP contribution in [0, 0.1) is 5.82 Å². The molecule has 1 aliphatic carbocycles. The van der Waals surface area contributed by atoms with Gasteiger partial charge in [-0.25, -0.2) is 17.5 Å². The largest absolute Gasteiger partial charge is 0.361 e. The first-order valence-electron chi connectivity index (χ1n) is 8.98. The molecule has 6 nitrogen and oxygen atoms in total. The Morgan fingerprint density at radius 2 is 2.04 bits per heavy atom. The van der Waals surface area contributed by atoms with Crippen molar-refractivity contribution in [3.63, 3.8) is 0 Å². The maximum Gasteiger partial charge on any atom is 0.243 e. The van der Waals surface area contributed by atoms with Gasteiger partial charge in [-0.3, -0.25) is 4.90 Å². The van der Waals surface area contributed by atoms with Gasteiger partial charge in [0.15, 0.2) is 0 Å². The lowest BCUT2D eigenvalue weighted by atomic mass is 9.92. The van der Waals surface area contributed by atoms with Crippen LogP contribution in [0.3, 0.4) is 0 Å². The van der Waals surface area contributed by atoms with Gasteiger partial charge < -0.3 is 4.52 Å². The second-order valence-corrected chi connectivity index (χ2v) is 8.69. The van der Waals surface area contributed by atoms with Gasteiger partial charge >= 0.3 is 0 Å². The Morgan fingerprint density at radius 1 is 1.27 bits per heavy atom. The van der Waals surface area contributed by atoms with E-state index >= 15 is 0 Å². The topological polar surface area (TPSA) is 75.4 Å². The molecule has 26 heavy (non-hydrogen) atoms. The van der Waals surface area contributed by atoms with Gasteiger partial charge in [-0.15, -0.1) is 0 Å². The van der Waals surface area contributed by atoms with Crippen molar-refractivity contribution in [2.24, 2.45) is 0 Å². The van der Waals surface area contributed by atoms with Crippen molar-refractivity contribution in [2.45, 2.75) is 49.6 Å². The number of halogens is 1. The summed E-state index contributed by atoms with van der Waals surface area (Å²) < 4.78 is 47.1. The highest BCUT2D eigenvalue weighted by atomic mass is 32.2. The van der Waals surface area contributed by atoms with Crippen LogP contribution in [0.5, 0.6) is 0 Å². The summed E-state index contributed by atoms with van der Waals surface area (Å²) in [5.41, 5.74) is 1.90. The number of hydrogen-bond acceptors (Lipinski definition) is 5. The Bertz CT molecular complexity index is 891. The number of fused-ring (bicyclic) bond motifs is 1. The highest BCUT2D eigenvalue weighted by Gasteiger charge is 2.30. The minimum atomic E-state index is -3.90. The molecule has 0 spiro atoms. The minimum absolute atomic E-state index is 0.288. The van der Waals surface area contributed by atoms with Crippen molar-refractivity contribution in [3.8, 4) is 0 Å². The number of aryl methyl sites for hydroxylation is 1. The summed E-state index contributed by atoms with van der Waals surface area (Å²) in [6.45, 7) is 2.86. The van der Waals surface area contributed by atoms with Gasteiger partial charge in [-0.05, 0) is 50.9 Å². The molecule has 0 amide bonds. The SMILES string of the molecule is O=S(=O)(NC1CCc2onc(CN3CCCC3)c2C1)c1ccccc1F. The Labute approximate surface area is 152 Å². The van der Waals surface area contributed by atoms with E-state index in [2.05, 4.69) is 14.8 Å². The first-order chi connectivity index (χ1) is 12.5. The zero-order valence-corrected chi connectivity index (χ0v) is 15.3. The minimum Gasteiger partial charge on any atom is -0.361 e. The van der Waals surface area contributed by atoms with E-state index in [1.165, 1.54) is 31.0 Å². The number of benzene rings is 1. The first kappa shape index (κ1) is 17.6. The van der Waals surface area contributed by atoms with Crippen molar-refractivity contribution in [3.05, 3.63) is 47.1 Å². The summed E-state index contributed by atoms with van der Waals surface area (Å²) in [6.07, 6.45) is 4.16. The lowest BCUT2D eigenvalue weighted by molar-refractivity contribution is 0.310. The van der Waals surface area contributed by atoms with Crippen LogP contribution >= 0.6 is 0 Å². The summed E-state index contributed by atoms with van der Waals surface area (Å²) in [5.74, 6) is 0.108. The average Bonchev–Trinajstić information content (AvgIpc) is 3.25. The van der Waals surface area contributed by atoms with Crippen molar-refractivity contribution >= 4 is 10.0 Å². The molecule has 4 rings (SSSR count). The fourth-order valence-electron chi connectivity index (χ4n) is 3.79. The van der Waals surface area contributed by atoms with Gasteiger partial charge in [0.25, 0.3) is 0 Å². The highest BCUT2D eigenvalue weighted by molar-refractivity contribution is 7.89. The van der Waals surface area contributed by atoms with Crippen molar-refractivity contribution < 1.29 is 17.3 Å². The quantitative estimate of drug-likeness (QED) is 0.862. The third kappa shape index (κ3) is 3.54. The molecule has 2 aromatic rings. The van der Waals surface area contributed by atoms with Crippen LogP contribution in [-0.4, -0.2) is 37.6 Å². The second-order valence-electron chi connectivity index (χ2n) is 7.01. The molecule has 1 fully saturated rings. The lowest BCUT2D eigenvalue weighted by Gasteiger charge is -2.23. The number of likely N-dealkylation sites (tertiary alicyclic amines) is 1. The third-order valence-corrected chi connectivity index (χ3v) is 6.70. The highest BCUT2D eigenvalue weighted by Crippen LogP contribution is 2.27. The molecule has 1 N–H and O–H groups in total. The molecule has 2 heterocycles. The van der Waals surface area contributed by atoms with Crippen LogP contribution in [0.15, 0.2) is 33.7 Å². The molecule has 1 aromatic carbocycles. The molecule has 1 saturated heterocycles. The standard InChI is InChI=1S/C18H22FN3O3S/c19-15-5-1-2-6-18(15)26(23,24)21-13-7-8-17-14(11-13)16(20-25-17)12-22-9-3-4-10-22/h1-2,5-6,13,21H,3-4,7-12H2. The van der Waals surface area contributed by atoms with Crippen LogP contribution in [0.1, 0.15) is 36.3 Å². The lowest BCUT2D eigenvalue weighted by Crippen LogP contribution is -2.39. The number of nitrogens with one attached hydrogen (secondary N) is 1. The molecule has 8 heteroatoms. The summed E-state index contributed by atoms with van der Waals surface area (Å²) in [7, 11) is -3.90. The number of sulfonamides is 1. The molecule has 1 aliphatic heterocycles. The summed E-state index contributed by atoms with van der Waals surface area (Å²) in [4.78, 5) is 2.03. The number of nitrogens with zero attached hydrogens (tertiary/aromatic N) is 2. The van der Waals surface area contributed by atoms with Crippen LogP contribution in [0.4, 0.5) is 4.39 Å². The van der Waals surface area contributed by atoms with Crippen molar-refractivity contribution in [2.75, 3.05) is 13.1 Å². The molecule has 2 aliphatic rings. The molecule has 0 radical (unpaired) electrons. The van der Waals surface area contributed by atoms with E-state index in [9.17, 15) is 12.8 Å². The van der Waals surface area contributed by atoms with Crippen molar-refractivity contribution in [1.29, 1.82) is 0 Å². The molecule has 1 aromatic heterocycles. The van der Waals surface area contributed by atoms with Crippen LogP contribution in [0.2, 0.25) is 0 Å². The Balaban J connectivity index is 1.49. The molecule has 0 saturated carbocycles.